The lowest BCUT2D eigenvalue weighted by molar-refractivity contribution is -0.386. The van der Waals surface area contributed by atoms with E-state index in [9.17, 15) is 20.0 Å². The first kappa shape index (κ1) is 18.3. The fourth-order valence-electron chi connectivity index (χ4n) is 2.17. The largest absolute Gasteiger partial charge is 0.501 e. The minimum atomic E-state index is -0.694. The van der Waals surface area contributed by atoms with Crippen molar-refractivity contribution in [1.29, 1.82) is 0 Å². The number of hydrogen-bond acceptors (Lipinski definition) is 6. The highest BCUT2D eigenvalue weighted by Gasteiger charge is 2.17. The lowest BCUT2D eigenvalue weighted by atomic mass is 10.2. The SMILES string of the molecule is O=C(N/N=C/c1cc(I)c(O)c([N+](=O)[O-])c1)c1cc2cc(Br)ccc2o1. The predicted molar refractivity (Wildman–Crippen MR) is 106 cm³/mol. The number of nitro groups is 1. The molecule has 1 amide bonds. The maximum Gasteiger partial charge on any atom is 0.312 e. The second kappa shape index (κ2) is 7.41. The summed E-state index contributed by atoms with van der Waals surface area (Å²) in [6.07, 6.45) is 1.24. The number of halogens is 2. The number of amides is 1. The van der Waals surface area contributed by atoms with E-state index in [4.69, 9.17) is 4.42 Å². The zero-order valence-electron chi connectivity index (χ0n) is 12.8. The molecule has 0 aliphatic heterocycles. The van der Waals surface area contributed by atoms with Gasteiger partial charge >= 0.3 is 11.6 Å². The molecule has 0 saturated carbocycles. The van der Waals surface area contributed by atoms with Crippen molar-refractivity contribution in [2.45, 2.75) is 0 Å². The summed E-state index contributed by atoms with van der Waals surface area (Å²) in [5.74, 6) is -0.886. The van der Waals surface area contributed by atoms with E-state index in [0.717, 1.165) is 15.9 Å². The third-order valence-electron chi connectivity index (χ3n) is 3.34. The summed E-state index contributed by atoms with van der Waals surface area (Å²) >= 11 is 5.11. The number of nitrogens with zero attached hydrogens (tertiary/aromatic N) is 2. The van der Waals surface area contributed by atoms with Crippen LogP contribution in [0.2, 0.25) is 0 Å². The predicted octanol–water partition coefficient (Wildman–Crippen LogP) is 4.18. The number of phenolic OH excluding ortho intramolecular Hbond substituents is 1. The average molecular weight is 530 g/mol. The van der Waals surface area contributed by atoms with Crippen molar-refractivity contribution < 1.29 is 19.2 Å². The number of hydrogen-bond donors (Lipinski definition) is 2. The van der Waals surface area contributed by atoms with Gasteiger partial charge in [0, 0.05) is 21.5 Å². The molecule has 3 aromatic rings. The fraction of sp³-hybridized carbons (Fsp3) is 0. The summed E-state index contributed by atoms with van der Waals surface area (Å²) in [6.45, 7) is 0. The standard InChI is InChI=1S/C16H9BrIN3O5/c17-10-1-2-13-9(5-10)6-14(26-13)16(23)20-19-7-8-3-11(18)15(22)12(4-8)21(24)25/h1-7,22H,(H,20,23)/b19-7+. The first-order valence-corrected chi connectivity index (χ1v) is 8.92. The Morgan fingerprint density at radius 2 is 2.12 bits per heavy atom. The Morgan fingerprint density at radius 3 is 2.85 bits per heavy atom. The molecule has 0 unspecified atom stereocenters. The number of furan rings is 1. The molecular weight excluding hydrogens is 521 g/mol. The number of fused-ring (bicyclic) bond motifs is 1. The van der Waals surface area contributed by atoms with Gasteiger partial charge in [-0.2, -0.15) is 5.10 Å². The highest BCUT2D eigenvalue weighted by Crippen LogP contribution is 2.31. The fourth-order valence-corrected chi connectivity index (χ4v) is 3.18. The number of hydrazone groups is 1. The normalized spacial score (nSPS) is 11.2. The van der Waals surface area contributed by atoms with Gasteiger partial charge in [0.2, 0.25) is 5.75 Å². The molecule has 0 saturated heterocycles. The van der Waals surface area contributed by atoms with Crippen LogP contribution < -0.4 is 5.43 Å². The summed E-state index contributed by atoms with van der Waals surface area (Å²) in [5.41, 5.74) is 2.77. The lowest BCUT2D eigenvalue weighted by Gasteiger charge is -2.01. The highest BCUT2D eigenvalue weighted by atomic mass is 127. The van der Waals surface area contributed by atoms with E-state index in [2.05, 4.69) is 26.5 Å². The summed E-state index contributed by atoms with van der Waals surface area (Å²) < 4.78 is 6.60. The van der Waals surface area contributed by atoms with Crippen LogP contribution in [-0.4, -0.2) is 22.2 Å². The van der Waals surface area contributed by atoms with Gasteiger partial charge in [0.1, 0.15) is 5.58 Å². The van der Waals surface area contributed by atoms with E-state index in [-0.39, 0.29) is 5.76 Å². The van der Waals surface area contributed by atoms with Crippen LogP contribution in [0.25, 0.3) is 11.0 Å². The van der Waals surface area contributed by atoms with Gasteiger partial charge in [-0.05, 0) is 52.9 Å². The van der Waals surface area contributed by atoms with Crippen LogP contribution in [0.3, 0.4) is 0 Å². The maximum absolute atomic E-state index is 12.1. The summed E-state index contributed by atoms with van der Waals surface area (Å²) in [7, 11) is 0. The molecule has 1 heterocycles. The van der Waals surface area contributed by atoms with Crippen LogP contribution in [0.15, 0.2) is 50.4 Å². The van der Waals surface area contributed by atoms with Crippen LogP contribution in [0.4, 0.5) is 5.69 Å². The third kappa shape index (κ3) is 3.85. The Hall–Kier alpha value is -2.47. The van der Waals surface area contributed by atoms with E-state index < -0.39 is 22.3 Å². The van der Waals surface area contributed by atoms with Crippen LogP contribution in [0, 0.1) is 13.7 Å². The van der Waals surface area contributed by atoms with Gasteiger partial charge in [-0.3, -0.25) is 14.9 Å². The second-order valence-electron chi connectivity index (χ2n) is 5.12. The van der Waals surface area contributed by atoms with Crippen molar-refractivity contribution in [3.8, 4) is 5.75 Å². The minimum absolute atomic E-state index is 0.0847. The van der Waals surface area contributed by atoms with Gasteiger partial charge in [-0.1, -0.05) is 15.9 Å². The van der Waals surface area contributed by atoms with E-state index >= 15 is 0 Å². The Morgan fingerprint density at radius 1 is 1.35 bits per heavy atom. The van der Waals surface area contributed by atoms with Gasteiger partial charge < -0.3 is 9.52 Å². The molecule has 0 spiro atoms. The minimum Gasteiger partial charge on any atom is -0.501 e. The topological polar surface area (TPSA) is 118 Å². The molecule has 3 rings (SSSR count). The number of nitro benzene ring substituents is 1. The Kier molecular flexibility index (Phi) is 5.23. The van der Waals surface area contributed by atoms with Crippen LogP contribution in [0.5, 0.6) is 5.75 Å². The summed E-state index contributed by atoms with van der Waals surface area (Å²) in [5, 5.41) is 25.1. The second-order valence-corrected chi connectivity index (χ2v) is 7.20. The van der Waals surface area contributed by atoms with Gasteiger partial charge in [-0.25, -0.2) is 5.43 Å². The Balaban J connectivity index is 1.77. The molecule has 2 aromatic carbocycles. The average Bonchev–Trinajstić information content (AvgIpc) is 3.00. The molecule has 0 bridgehead atoms. The molecule has 10 heteroatoms. The number of nitrogens with one attached hydrogen (secondary N) is 1. The molecular formula is C16H9BrIN3O5. The number of benzene rings is 2. The molecule has 0 radical (unpaired) electrons. The number of carbonyl (C=O) groups excluding carboxylic acids is 1. The van der Waals surface area contributed by atoms with Crippen molar-refractivity contribution >= 4 is 67.3 Å². The number of aromatic hydroxyl groups is 1. The van der Waals surface area contributed by atoms with Crippen molar-refractivity contribution in [2.24, 2.45) is 5.10 Å². The van der Waals surface area contributed by atoms with Gasteiger partial charge in [0.25, 0.3) is 0 Å². The first-order chi connectivity index (χ1) is 12.3. The van der Waals surface area contributed by atoms with Crippen LogP contribution in [-0.2, 0) is 0 Å². The molecule has 0 aliphatic rings. The van der Waals surface area contributed by atoms with E-state index in [1.165, 1.54) is 12.3 Å². The third-order valence-corrected chi connectivity index (χ3v) is 4.66. The number of phenols is 1. The zero-order valence-corrected chi connectivity index (χ0v) is 16.5. The van der Waals surface area contributed by atoms with Crippen molar-refractivity contribution in [1.82, 2.24) is 5.43 Å². The van der Waals surface area contributed by atoms with Gasteiger partial charge in [0.05, 0.1) is 14.7 Å². The molecule has 0 fully saturated rings. The lowest BCUT2D eigenvalue weighted by Crippen LogP contribution is -2.16. The van der Waals surface area contributed by atoms with Crippen molar-refractivity contribution in [3.05, 3.63) is 65.9 Å². The Bertz CT molecular complexity index is 1060. The van der Waals surface area contributed by atoms with Crippen molar-refractivity contribution in [2.75, 3.05) is 0 Å². The highest BCUT2D eigenvalue weighted by molar-refractivity contribution is 14.1. The monoisotopic (exact) mass is 529 g/mol. The zero-order chi connectivity index (χ0) is 18.8. The molecule has 26 heavy (non-hydrogen) atoms. The molecule has 1 aromatic heterocycles. The Labute approximate surface area is 168 Å². The molecule has 132 valence electrons. The summed E-state index contributed by atoms with van der Waals surface area (Å²) in [6, 6.07) is 9.58. The molecule has 0 aliphatic carbocycles. The molecule has 8 nitrogen and oxygen atoms in total. The maximum atomic E-state index is 12.1. The van der Waals surface area contributed by atoms with E-state index in [0.29, 0.717) is 14.7 Å². The molecule has 0 atom stereocenters. The van der Waals surface area contributed by atoms with E-state index in [1.54, 1.807) is 40.8 Å². The van der Waals surface area contributed by atoms with Gasteiger partial charge in [0.15, 0.2) is 5.76 Å². The van der Waals surface area contributed by atoms with Crippen molar-refractivity contribution in [3.63, 3.8) is 0 Å². The number of carbonyl (C=O) groups is 1. The van der Waals surface area contributed by atoms with Crippen LogP contribution >= 0.6 is 38.5 Å². The van der Waals surface area contributed by atoms with E-state index in [1.807, 2.05) is 6.07 Å². The smallest absolute Gasteiger partial charge is 0.312 e. The summed E-state index contributed by atoms with van der Waals surface area (Å²) in [4.78, 5) is 22.3. The first-order valence-electron chi connectivity index (χ1n) is 7.04. The van der Waals surface area contributed by atoms with Gasteiger partial charge in [-0.15, -0.1) is 0 Å². The molecule has 2 N–H and O–H groups in total. The quantitative estimate of drug-likeness (QED) is 0.227. The van der Waals surface area contributed by atoms with Crippen LogP contribution in [0.1, 0.15) is 16.1 Å². The number of rotatable bonds is 4.